The van der Waals surface area contributed by atoms with Crippen LogP contribution in [0.2, 0.25) is 5.02 Å². The van der Waals surface area contributed by atoms with Crippen LogP contribution in [0.15, 0.2) is 48.3 Å². The minimum Gasteiger partial charge on any atom is -0.308 e. The lowest BCUT2D eigenvalue weighted by molar-refractivity contribution is -0.108. The Kier molecular flexibility index (Phi) is 6.40. The van der Waals surface area contributed by atoms with Crippen molar-refractivity contribution in [3.05, 3.63) is 70.0 Å². The van der Waals surface area contributed by atoms with Crippen LogP contribution in [0, 0.1) is 6.92 Å². The smallest absolute Gasteiger partial charge is 0.308 e. The van der Waals surface area contributed by atoms with E-state index < -0.39 is 35.3 Å². The zero-order valence-electron chi connectivity index (χ0n) is 14.1. The number of amides is 3. The Morgan fingerprint density at radius 1 is 1.00 bits per heavy atom. The fourth-order valence-electron chi connectivity index (χ4n) is 2.21. The number of allylic oxidation sites excluding steroid dienone is 1. The molecule has 0 aliphatic heterocycles. The molecule has 2 aromatic rings. The summed E-state index contributed by atoms with van der Waals surface area (Å²) in [4.78, 5) is 23.9. The van der Waals surface area contributed by atoms with Gasteiger partial charge in [-0.1, -0.05) is 23.7 Å². The van der Waals surface area contributed by atoms with E-state index in [4.69, 9.17) is 11.6 Å². The second kappa shape index (κ2) is 8.39. The Labute approximate surface area is 161 Å². The van der Waals surface area contributed by atoms with Crippen LogP contribution in [0.3, 0.4) is 0 Å². The van der Waals surface area contributed by atoms with Crippen molar-refractivity contribution < 1.29 is 31.5 Å². The molecule has 0 aliphatic carbocycles. The fraction of sp³-hybridized carbons (Fsp3) is 0.111. The molecule has 0 aliphatic rings. The Balaban J connectivity index is 2.14. The second-order valence-corrected chi connectivity index (χ2v) is 5.95. The summed E-state index contributed by atoms with van der Waals surface area (Å²) in [6.45, 7) is 1.23. The molecule has 28 heavy (non-hydrogen) atoms. The fourth-order valence-corrected chi connectivity index (χ4v) is 2.43. The highest BCUT2D eigenvalue weighted by molar-refractivity contribution is 6.34. The number of hydrogen-bond acceptors (Lipinski definition) is 2. The van der Waals surface area contributed by atoms with Crippen LogP contribution in [-0.2, 0) is 0 Å². The van der Waals surface area contributed by atoms with Crippen molar-refractivity contribution in [3.8, 4) is 0 Å². The van der Waals surface area contributed by atoms with Gasteiger partial charge in [-0.15, -0.1) is 0 Å². The zero-order valence-corrected chi connectivity index (χ0v) is 14.9. The molecule has 0 spiro atoms. The number of hydrogen-bond donors (Lipinski definition) is 2. The van der Waals surface area contributed by atoms with E-state index in [0.717, 1.165) is 18.2 Å². The number of alkyl halides is 3. The maximum atomic E-state index is 13.7. The molecule has 2 N–H and O–H groups in total. The Hall–Kier alpha value is -2.94. The van der Waals surface area contributed by atoms with E-state index in [1.165, 1.54) is 19.1 Å². The molecule has 0 atom stereocenters. The predicted octanol–water partition coefficient (Wildman–Crippen LogP) is 5.78. The van der Waals surface area contributed by atoms with Crippen molar-refractivity contribution in [1.82, 2.24) is 5.32 Å². The van der Waals surface area contributed by atoms with Crippen molar-refractivity contribution in [2.75, 3.05) is 5.32 Å². The number of halogens is 6. The standard InChI is InChI=1S/C18H12ClF5N2O2/c1-9-8-10(6-7-11(9)14(20)15(21)18(22,23)24)25-17(28)26-16(27)12-4-2-3-5-13(12)19/h2-8H,1H3,(H2,25,26,27,28). The molecule has 10 heteroatoms. The maximum absolute atomic E-state index is 13.7. The van der Waals surface area contributed by atoms with Crippen LogP contribution in [-0.4, -0.2) is 18.1 Å². The minimum absolute atomic E-state index is 0.0472. The van der Waals surface area contributed by atoms with Gasteiger partial charge in [-0.05, 0) is 42.8 Å². The lowest BCUT2D eigenvalue weighted by Gasteiger charge is -2.11. The van der Waals surface area contributed by atoms with E-state index in [0.29, 0.717) is 0 Å². The van der Waals surface area contributed by atoms with Crippen LogP contribution in [0.1, 0.15) is 21.5 Å². The average molecular weight is 419 g/mol. The highest BCUT2D eigenvalue weighted by atomic mass is 35.5. The molecule has 0 fully saturated rings. The van der Waals surface area contributed by atoms with Crippen LogP contribution < -0.4 is 10.6 Å². The molecule has 3 amide bonds. The molecule has 0 radical (unpaired) electrons. The summed E-state index contributed by atoms with van der Waals surface area (Å²) in [6.07, 6.45) is -5.45. The van der Waals surface area contributed by atoms with Gasteiger partial charge in [0.05, 0.1) is 10.6 Å². The van der Waals surface area contributed by atoms with E-state index in [9.17, 15) is 31.5 Å². The first-order valence-electron chi connectivity index (χ1n) is 7.61. The summed E-state index contributed by atoms with van der Waals surface area (Å²) >= 11 is 5.85. The van der Waals surface area contributed by atoms with Gasteiger partial charge in [0.15, 0.2) is 5.83 Å². The van der Waals surface area contributed by atoms with Crippen molar-refractivity contribution in [1.29, 1.82) is 0 Å². The molecule has 0 aromatic heterocycles. The van der Waals surface area contributed by atoms with Gasteiger partial charge in [-0.25, -0.2) is 9.18 Å². The first kappa shape index (κ1) is 21.4. The zero-order chi connectivity index (χ0) is 21.1. The van der Waals surface area contributed by atoms with Gasteiger partial charge >= 0.3 is 12.2 Å². The Morgan fingerprint density at radius 3 is 2.21 bits per heavy atom. The largest absolute Gasteiger partial charge is 0.445 e. The minimum atomic E-state index is -5.45. The summed E-state index contributed by atoms with van der Waals surface area (Å²) in [6, 6.07) is 8.11. The maximum Gasteiger partial charge on any atom is 0.445 e. The SMILES string of the molecule is Cc1cc(NC(=O)NC(=O)c2ccccc2Cl)ccc1C(F)=C(F)C(F)(F)F. The monoisotopic (exact) mass is 418 g/mol. The van der Waals surface area contributed by atoms with E-state index >= 15 is 0 Å². The lowest BCUT2D eigenvalue weighted by Crippen LogP contribution is -2.34. The average Bonchev–Trinajstić information content (AvgIpc) is 2.60. The number of aryl methyl sites for hydroxylation is 1. The summed E-state index contributed by atoms with van der Waals surface area (Å²) in [5.74, 6) is -5.69. The molecule has 0 saturated carbocycles. The van der Waals surface area contributed by atoms with Crippen LogP contribution in [0.25, 0.3) is 5.83 Å². The van der Waals surface area contributed by atoms with Gasteiger partial charge in [0.1, 0.15) is 0 Å². The van der Waals surface area contributed by atoms with E-state index in [1.807, 2.05) is 5.32 Å². The summed E-state index contributed by atoms with van der Waals surface area (Å²) in [5.41, 5.74) is -0.577. The van der Waals surface area contributed by atoms with Crippen molar-refractivity contribution in [2.45, 2.75) is 13.1 Å². The molecule has 4 nitrogen and oxygen atoms in total. The van der Waals surface area contributed by atoms with Gasteiger partial charge in [-0.3, -0.25) is 10.1 Å². The normalized spacial score (nSPS) is 12.2. The molecular weight excluding hydrogens is 407 g/mol. The first-order chi connectivity index (χ1) is 13.0. The third-order valence-corrected chi connectivity index (χ3v) is 3.84. The number of carbonyl (C=O) groups is 2. The number of nitrogens with one attached hydrogen (secondary N) is 2. The van der Waals surface area contributed by atoms with Gasteiger partial charge < -0.3 is 5.32 Å². The quantitative estimate of drug-likeness (QED) is 0.621. The van der Waals surface area contributed by atoms with Crippen molar-refractivity contribution in [2.24, 2.45) is 0 Å². The summed E-state index contributed by atoms with van der Waals surface area (Å²) in [7, 11) is 0. The molecule has 148 valence electrons. The number of benzene rings is 2. The Bertz CT molecular complexity index is 957. The molecule has 0 saturated heterocycles. The van der Waals surface area contributed by atoms with Crippen LogP contribution in [0.4, 0.5) is 32.4 Å². The Morgan fingerprint density at radius 2 is 1.64 bits per heavy atom. The summed E-state index contributed by atoms with van der Waals surface area (Å²) in [5, 5.41) is 4.40. The van der Waals surface area contributed by atoms with Crippen LogP contribution >= 0.6 is 11.6 Å². The third kappa shape index (κ3) is 5.07. The topological polar surface area (TPSA) is 58.2 Å². The van der Waals surface area contributed by atoms with Gasteiger partial charge in [0, 0.05) is 11.3 Å². The van der Waals surface area contributed by atoms with Crippen molar-refractivity contribution in [3.63, 3.8) is 0 Å². The molecular formula is C18H12ClF5N2O2. The van der Waals surface area contributed by atoms with E-state index in [1.54, 1.807) is 12.1 Å². The number of rotatable bonds is 3. The molecule has 0 unspecified atom stereocenters. The number of urea groups is 1. The van der Waals surface area contributed by atoms with Crippen molar-refractivity contribution >= 4 is 35.1 Å². The van der Waals surface area contributed by atoms with E-state index in [2.05, 4.69) is 5.32 Å². The molecule has 0 heterocycles. The first-order valence-corrected chi connectivity index (χ1v) is 7.99. The van der Waals surface area contributed by atoms with Gasteiger partial charge in [-0.2, -0.15) is 17.6 Å². The molecule has 2 rings (SSSR count). The predicted molar refractivity (Wildman–Crippen MR) is 94.3 cm³/mol. The van der Waals surface area contributed by atoms with Gasteiger partial charge in [0.2, 0.25) is 5.83 Å². The summed E-state index contributed by atoms with van der Waals surface area (Å²) < 4.78 is 63.6. The van der Waals surface area contributed by atoms with E-state index in [-0.39, 0.29) is 21.8 Å². The number of carbonyl (C=O) groups excluding carboxylic acids is 2. The molecule has 0 bridgehead atoms. The number of anilines is 1. The highest BCUT2D eigenvalue weighted by Gasteiger charge is 2.38. The third-order valence-electron chi connectivity index (χ3n) is 3.51. The van der Waals surface area contributed by atoms with Crippen LogP contribution in [0.5, 0.6) is 0 Å². The lowest BCUT2D eigenvalue weighted by atomic mass is 10.1. The number of imide groups is 1. The molecule has 2 aromatic carbocycles. The van der Waals surface area contributed by atoms with Gasteiger partial charge in [0.25, 0.3) is 5.91 Å². The second-order valence-electron chi connectivity index (χ2n) is 5.54. The highest BCUT2D eigenvalue weighted by Crippen LogP contribution is 2.35.